The number of carbonyl (C=O) groups is 2. The van der Waals surface area contributed by atoms with Crippen LogP contribution in [-0.2, 0) is 11.3 Å². The van der Waals surface area contributed by atoms with Gasteiger partial charge < -0.3 is 9.64 Å². The highest BCUT2D eigenvalue weighted by Crippen LogP contribution is 2.35. The summed E-state index contributed by atoms with van der Waals surface area (Å²) in [4.78, 5) is 32.7. The number of fused-ring (bicyclic) bond motifs is 3. The molecule has 7 nitrogen and oxygen atoms in total. The number of anilines is 1. The molecule has 26 heavy (non-hydrogen) atoms. The van der Waals surface area contributed by atoms with E-state index in [-0.39, 0.29) is 18.3 Å². The van der Waals surface area contributed by atoms with E-state index >= 15 is 0 Å². The van der Waals surface area contributed by atoms with E-state index in [1.807, 2.05) is 50.5 Å². The number of benzene rings is 1. The topological polar surface area (TPSA) is 67.7 Å². The van der Waals surface area contributed by atoms with E-state index in [1.165, 1.54) is 4.90 Å². The lowest BCUT2D eigenvalue weighted by Crippen LogP contribution is -2.42. The Morgan fingerprint density at radius 3 is 2.50 bits per heavy atom. The summed E-state index contributed by atoms with van der Waals surface area (Å²) in [5, 5.41) is 0. The van der Waals surface area contributed by atoms with Gasteiger partial charge in [0.25, 0.3) is 0 Å². The first-order valence-electron chi connectivity index (χ1n) is 8.48. The van der Waals surface area contributed by atoms with Crippen molar-refractivity contribution in [2.75, 3.05) is 19.0 Å². The molecule has 0 atom stereocenters. The highest BCUT2D eigenvalue weighted by Gasteiger charge is 2.33. The maximum atomic E-state index is 12.7. The molecule has 0 saturated heterocycles. The molecule has 0 spiro atoms. The first kappa shape index (κ1) is 18.0. The van der Waals surface area contributed by atoms with Crippen molar-refractivity contribution in [1.82, 2.24) is 14.5 Å². The van der Waals surface area contributed by atoms with Crippen LogP contribution in [0.1, 0.15) is 42.5 Å². The van der Waals surface area contributed by atoms with Crippen molar-refractivity contribution in [1.29, 1.82) is 0 Å². The zero-order valence-corrected chi connectivity index (χ0v) is 16.0. The van der Waals surface area contributed by atoms with Gasteiger partial charge in [-0.2, -0.15) is 0 Å². The fourth-order valence-corrected chi connectivity index (χ4v) is 2.93. The number of aryl methyl sites for hydroxylation is 1. The highest BCUT2D eigenvalue weighted by molar-refractivity contribution is 5.96. The second kappa shape index (κ2) is 6.16. The summed E-state index contributed by atoms with van der Waals surface area (Å²) in [6.45, 7) is 7.67. The lowest BCUT2D eigenvalue weighted by molar-refractivity contribution is 0.00619. The molecule has 0 unspecified atom stereocenters. The SMILES string of the molecule is Cc1ccc2c(c1)N(C(=O)N(C)C)Cc1c(C(=O)OC(C)(C)C)ncn1-2. The molecule has 0 bridgehead atoms. The maximum Gasteiger partial charge on any atom is 0.359 e. The van der Waals surface area contributed by atoms with Crippen LogP contribution in [0.4, 0.5) is 10.5 Å². The minimum Gasteiger partial charge on any atom is -0.455 e. The molecule has 7 heteroatoms. The molecule has 1 aromatic heterocycles. The average Bonchev–Trinajstić information content (AvgIpc) is 2.95. The number of imidazole rings is 1. The summed E-state index contributed by atoms with van der Waals surface area (Å²) in [6, 6.07) is 5.72. The van der Waals surface area contributed by atoms with Crippen molar-refractivity contribution in [3.05, 3.63) is 41.5 Å². The van der Waals surface area contributed by atoms with Crippen molar-refractivity contribution >= 4 is 17.7 Å². The van der Waals surface area contributed by atoms with Crippen molar-refractivity contribution in [2.24, 2.45) is 0 Å². The van der Waals surface area contributed by atoms with Gasteiger partial charge in [0.1, 0.15) is 11.9 Å². The van der Waals surface area contributed by atoms with Crippen LogP contribution >= 0.6 is 0 Å². The fourth-order valence-electron chi connectivity index (χ4n) is 2.93. The summed E-state index contributed by atoms with van der Waals surface area (Å²) < 4.78 is 7.32. The standard InChI is InChI=1S/C19H24N4O3/c1-12-7-8-13-14(9-12)22(18(25)21(5)6)10-15-16(20-11-23(13)15)17(24)26-19(2,3)4/h7-9,11H,10H2,1-6H3. The zero-order chi connectivity index (χ0) is 19.2. The summed E-state index contributed by atoms with van der Waals surface area (Å²) in [5.41, 5.74) is 2.93. The predicted molar refractivity (Wildman–Crippen MR) is 98.7 cm³/mol. The van der Waals surface area contributed by atoms with Crippen LogP contribution in [-0.4, -0.2) is 46.1 Å². The molecular weight excluding hydrogens is 332 g/mol. The molecule has 0 radical (unpaired) electrons. The second-order valence-corrected chi connectivity index (χ2v) is 7.67. The Labute approximate surface area is 153 Å². The van der Waals surface area contributed by atoms with E-state index in [9.17, 15) is 9.59 Å². The third-order valence-electron chi connectivity index (χ3n) is 4.06. The van der Waals surface area contributed by atoms with Crippen LogP contribution in [0.5, 0.6) is 0 Å². The summed E-state index contributed by atoms with van der Waals surface area (Å²) in [5.74, 6) is -0.487. The molecule has 0 fully saturated rings. The van der Waals surface area contributed by atoms with Crippen molar-refractivity contribution < 1.29 is 14.3 Å². The third kappa shape index (κ3) is 3.16. The Bertz CT molecular complexity index is 877. The maximum absolute atomic E-state index is 12.7. The van der Waals surface area contributed by atoms with E-state index in [4.69, 9.17) is 4.74 Å². The molecule has 1 aromatic carbocycles. The molecule has 3 rings (SSSR count). The Hall–Kier alpha value is -2.83. The van der Waals surface area contributed by atoms with Crippen LogP contribution in [0, 0.1) is 6.92 Å². The van der Waals surface area contributed by atoms with E-state index in [2.05, 4.69) is 4.98 Å². The van der Waals surface area contributed by atoms with Crippen molar-refractivity contribution in [2.45, 2.75) is 39.8 Å². The van der Waals surface area contributed by atoms with E-state index in [0.29, 0.717) is 5.69 Å². The zero-order valence-electron chi connectivity index (χ0n) is 16.0. The number of hydrogen-bond donors (Lipinski definition) is 0. The quantitative estimate of drug-likeness (QED) is 0.736. The van der Waals surface area contributed by atoms with Gasteiger partial charge in [0.05, 0.1) is 23.6 Å². The molecule has 2 heterocycles. The summed E-state index contributed by atoms with van der Waals surface area (Å²) in [6.07, 6.45) is 1.61. The number of carbonyl (C=O) groups excluding carboxylic acids is 2. The number of urea groups is 1. The highest BCUT2D eigenvalue weighted by atomic mass is 16.6. The van der Waals surface area contributed by atoms with Crippen LogP contribution in [0.15, 0.2) is 24.5 Å². The van der Waals surface area contributed by atoms with Gasteiger partial charge in [-0.05, 0) is 45.4 Å². The van der Waals surface area contributed by atoms with E-state index in [0.717, 1.165) is 16.9 Å². The molecule has 138 valence electrons. The number of ether oxygens (including phenoxy) is 1. The van der Waals surface area contributed by atoms with Gasteiger partial charge in [-0.1, -0.05) is 6.07 Å². The van der Waals surface area contributed by atoms with E-state index in [1.54, 1.807) is 25.3 Å². The molecule has 0 aliphatic carbocycles. The smallest absolute Gasteiger partial charge is 0.359 e. The van der Waals surface area contributed by atoms with Gasteiger partial charge in [-0.15, -0.1) is 0 Å². The Kier molecular flexibility index (Phi) is 4.26. The van der Waals surface area contributed by atoms with Gasteiger partial charge in [0, 0.05) is 14.1 Å². The van der Waals surface area contributed by atoms with Crippen LogP contribution in [0.3, 0.4) is 0 Å². The lowest BCUT2D eigenvalue weighted by atomic mass is 10.1. The fraction of sp³-hybridized carbons (Fsp3) is 0.421. The van der Waals surface area contributed by atoms with Gasteiger partial charge in [-0.25, -0.2) is 14.6 Å². The molecule has 2 amide bonds. The second-order valence-electron chi connectivity index (χ2n) is 7.67. The number of rotatable bonds is 1. The Morgan fingerprint density at radius 1 is 1.19 bits per heavy atom. The van der Waals surface area contributed by atoms with Crippen LogP contribution in [0.25, 0.3) is 5.69 Å². The van der Waals surface area contributed by atoms with Gasteiger partial charge in [-0.3, -0.25) is 9.47 Å². The van der Waals surface area contributed by atoms with Crippen molar-refractivity contribution in [3.63, 3.8) is 0 Å². The monoisotopic (exact) mass is 356 g/mol. The number of esters is 1. The predicted octanol–water partition coefficient (Wildman–Crippen LogP) is 3.14. The first-order valence-corrected chi connectivity index (χ1v) is 8.48. The molecule has 0 saturated carbocycles. The minimum atomic E-state index is -0.615. The molecule has 2 aromatic rings. The molecular formula is C19H24N4O3. The number of nitrogens with zero attached hydrogens (tertiary/aromatic N) is 4. The lowest BCUT2D eigenvalue weighted by Gasteiger charge is -2.33. The summed E-state index contributed by atoms with van der Waals surface area (Å²) >= 11 is 0. The minimum absolute atomic E-state index is 0.153. The van der Waals surface area contributed by atoms with Crippen LogP contribution < -0.4 is 4.90 Å². The van der Waals surface area contributed by atoms with Crippen LogP contribution in [0.2, 0.25) is 0 Å². The largest absolute Gasteiger partial charge is 0.455 e. The average molecular weight is 356 g/mol. The first-order chi connectivity index (χ1) is 12.1. The van der Waals surface area contributed by atoms with Gasteiger partial charge in [0.15, 0.2) is 5.69 Å². The normalized spacial score (nSPS) is 13.1. The van der Waals surface area contributed by atoms with Gasteiger partial charge >= 0.3 is 12.0 Å². The Morgan fingerprint density at radius 2 is 1.88 bits per heavy atom. The number of aromatic nitrogens is 2. The molecule has 0 N–H and O–H groups in total. The molecule has 1 aliphatic heterocycles. The van der Waals surface area contributed by atoms with Gasteiger partial charge in [0.2, 0.25) is 0 Å². The Balaban J connectivity index is 2.11. The van der Waals surface area contributed by atoms with Crippen molar-refractivity contribution in [3.8, 4) is 5.69 Å². The summed E-state index contributed by atoms with van der Waals surface area (Å²) in [7, 11) is 3.41. The third-order valence-corrected chi connectivity index (χ3v) is 4.06. The van der Waals surface area contributed by atoms with E-state index < -0.39 is 11.6 Å². The number of amides is 2. The molecule has 1 aliphatic rings. The number of hydrogen-bond acceptors (Lipinski definition) is 4.